The van der Waals surface area contributed by atoms with Crippen LogP contribution in [0.5, 0.6) is 11.5 Å². The number of rotatable bonds is 7. The van der Waals surface area contributed by atoms with Crippen LogP contribution in [0.2, 0.25) is 5.02 Å². The first-order valence-electron chi connectivity index (χ1n) is 10.8. The Kier molecular flexibility index (Phi) is 7.82. The molecule has 0 bridgehead atoms. The first-order valence-corrected chi connectivity index (χ1v) is 12.7. The number of esters is 1. The summed E-state index contributed by atoms with van der Waals surface area (Å²) in [6, 6.07) is 9.76. The SMILES string of the molecule is C=CCOc1ccc(/C=c2\sc3n(c2=O)[C@H](c2cc(Cl)ccc2OC)C(C(=O)OC)=C(C)N=3)cc1Br. The molecule has 0 radical (unpaired) electrons. The molecule has 0 spiro atoms. The van der Waals surface area contributed by atoms with Crippen molar-refractivity contribution >= 4 is 50.9 Å². The lowest BCUT2D eigenvalue weighted by molar-refractivity contribution is -0.136. The fourth-order valence-electron chi connectivity index (χ4n) is 3.93. The summed E-state index contributed by atoms with van der Waals surface area (Å²) >= 11 is 11.0. The monoisotopic (exact) mass is 588 g/mol. The highest BCUT2D eigenvalue weighted by Gasteiger charge is 2.35. The lowest BCUT2D eigenvalue weighted by Gasteiger charge is -2.25. The van der Waals surface area contributed by atoms with E-state index in [-0.39, 0.29) is 11.1 Å². The number of hydrogen-bond donors (Lipinski definition) is 0. The topological polar surface area (TPSA) is 79.1 Å². The van der Waals surface area contributed by atoms with Crippen LogP contribution in [-0.4, -0.2) is 31.4 Å². The fourth-order valence-corrected chi connectivity index (χ4v) is 5.67. The van der Waals surface area contributed by atoms with Crippen LogP contribution in [0.4, 0.5) is 0 Å². The standard InChI is InChI=1S/C26H22BrClN2O5S/c1-5-10-35-20-8-6-15(11-18(20)27)12-21-24(31)30-23(17-13-16(28)7-9-19(17)33-3)22(25(32)34-4)14(2)29-26(30)36-21/h5-9,11-13,23H,1,10H2,2-4H3/b21-12-/t23-/m1/s1. The van der Waals surface area contributed by atoms with Crippen molar-refractivity contribution in [1.82, 2.24) is 4.57 Å². The van der Waals surface area contributed by atoms with E-state index >= 15 is 0 Å². The number of allylic oxidation sites excluding steroid dienone is 1. The van der Waals surface area contributed by atoms with Crippen LogP contribution in [0.15, 0.2) is 74.6 Å². The van der Waals surface area contributed by atoms with Crippen molar-refractivity contribution in [3.8, 4) is 11.5 Å². The van der Waals surface area contributed by atoms with Crippen LogP contribution in [0.1, 0.15) is 24.1 Å². The lowest BCUT2D eigenvalue weighted by atomic mass is 9.95. The number of fused-ring (bicyclic) bond motifs is 1. The average Bonchev–Trinajstić information content (AvgIpc) is 3.16. The molecule has 186 valence electrons. The average molecular weight is 590 g/mol. The van der Waals surface area contributed by atoms with Gasteiger partial charge in [0.15, 0.2) is 4.80 Å². The van der Waals surface area contributed by atoms with E-state index in [0.29, 0.717) is 43.7 Å². The van der Waals surface area contributed by atoms with Crippen LogP contribution in [0, 0.1) is 0 Å². The van der Waals surface area contributed by atoms with Crippen molar-refractivity contribution in [3.63, 3.8) is 0 Å². The zero-order chi connectivity index (χ0) is 26.0. The molecule has 0 fully saturated rings. The Morgan fingerprint density at radius 3 is 2.67 bits per heavy atom. The Morgan fingerprint density at radius 1 is 1.25 bits per heavy atom. The van der Waals surface area contributed by atoms with E-state index in [2.05, 4.69) is 27.5 Å². The van der Waals surface area contributed by atoms with Gasteiger partial charge in [0.2, 0.25) is 0 Å². The highest BCUT2D eigenvalue weighted by molar-refractivity contribution is 9.10. The Labute approximate surface area is 224 Å². The Balaban J connectivity index is 1.93. The molecule has 0 amide bonds. The molecule has 10 heteroatoms. The molecule has 0 saturated carbocycles. The summed E-state index contributed by atoms with van der Waals surface area (Å²) in [6.45, 7) is 5.75. The maximum Gasteiger partial charge on any atom is 0.338 e. The number of methoxy groups -OCH3 is 2. The number of thiazole rings is 1. The van der Waals surface area contributed by atoms with Crippen LogP contribution >= 0.6 is 38.9 Å². The van der Waals surface area contributed by atoms with E-state index < -0.39 is 12.0 Å². The van der Waals surface area contributed by atoms with Gasteiger partial charge in [-0.25, -0.2) is 9.79 Å². The van der Waals surface area contributed by atoms with Crippen LogP contribution < -0.4 is 24.4 Å². The number of nitrogens with zero attached hydrogens (tertiary/aromatic N) is 2. The van der Waals surface area contributed by atoms with Gasteiger partial charge in [-0.2, -0.15) is 0 Å². The molecule has 36 heavy (non-hydrogen) atoms. The molecule has 4 rings (SSSR count). The second-order valence-corrected chi connectivity index (χ2v) is 10.0. The van der Waals surface area contributed by atoms with E-state index in [1.54, 1.807) is 37.3 Å². The van der Waals surface area contributed by atoms with Gasteiger partial charge in [0, 0.05) is 10.6 Å². The third kappa shape index (κ3) is 4.91. The molecule has 7 nitrogen and oxygen atoms in total. The summed E-state index contributed by atoms with van der Waals surface area (Å²) in [5.74, 6) is 0.561. The first-order chi connectivity index (χ1) is 17.3. The molecule has 0 N–H and O–H groups in total. The zero-order valence-electron chi connectivity index (χ0n) is 19.7. The van der Waals surface area contributed by atoms with E-state index in [1.165, 1.54) is 30.1 Å². The van der Waals surface area contributed by atoms with E-state index in [0.717, 1.165) is 10.0 Å². The van der Waals surface area contributed by atoms with E-state index in [9.17, 15) is 9.59 Å². The third-order valence-electron chi connectivity index (χ3n) is 5.52. The Hall–Kier alpha value is -3.14. The summed E-state index contributed by atoms with van der Waals surface area (Å²) in [4.78, 5) is 31.6. The molecule has 1 atom stereocenters. The highest BCUT2D eigenvalue weighted by Crippen LogP contribution is 2.37. The Bertz CT molecular complexity index is 1570. The minimum atomic E-state index is -0.828. The predicted molar refractivity (Wildman–Crippen MR) is 144 cm³/mol. The summed E-state index contributed by atoms with van der Waals surface area (Å²) in [6.07, 6.45) is 3.44. The normalized spacial score (nSPS) is 15.2. The molecular weight excluding hydrogens is 568 g/mol. The van der Waals surface area contributed by atoms with Crippen LogP contribution in [-0.2, 0) is 9.53 Å². The maximum absolute atomic E-state index is 13.7. The number of aromatic nitrogens is 1. The van der Waals surface area contributed by atoms with Gasteiger partial charge >= 0.3 is 5.97 Å². The van der Waals surface area contributed by atoms with Gasteiger partial charge in [-0.15, -0.1) is 0 Å². The fraction of sp³-hybridized carbons (Fsp3) is 0.192. The quantitative estimate of drug-likeness (QED) is 0.302. The molecular formula is C26H22BrClN2O5S. The number of carbonyl (C=O) groups is 1. The zero-order valence-corrected chi connectivity index (χ0v) is 22.9. The molecule has 0 saturated heterocycles. The summed E-state index contributed by atoms with van der Waals surface area (Å²) in [5, 5.41) is 0.440. The van der Waals surface area contributed by atoms with Gasteiger partial charge < -0.3 is 14.2 Å². The number of hydrogen-bond acceptors (Lipinski definition) is 7. The second-order valence-electron chi connectivity index (χ2n) is 7.75. The van der Waals surface area contributed by atoms with Gasteiger partial charge in [0.1, 0.15) is 24.1 Å². The van der Waals surface area contributed by atoms with Crippen LogP contribution in [0.3, 0.4) is 0 Å². The van der Waals surface area contributed by atoms with Gasteiger partial charge in [0.05, 0.1) is 34.5 Å². The van der Waals surface area contributed by atoms with E-state index in [1.807, 2.05) is 18.2 Å². The van der Waals surface area contributed by atoms with Gasteiger partial charge in [-0.1, -0.05) is 41.7 Å². The highest BCUT2D eigenvalue weighted by atomic mass is 79.9. The Morgan fingerprint density at radius 2 is 2.00 bits per heavy atom. The van der Waals surface area contributed by atoms with Crippen LogP contribution in [0.25, 0.3) is 6.08 Å². The molecule has 2 heterocycles. The van der Waals surface area contributed by atoms with Crippen molar-refractivity contribution < 1.29 is 19.0 Å². The minimum Gasteiger partial charge on any atom is -0.496 e. The summed E-state index contributed by atoms with van der Waals surface area (Å²) in [7, 11) is 2.81. The second kappa shape index (κ2) is 10.9. The number of carbonyl (C=O) groups excluding carboxylic acids is 1. The molecule has 1 aliphatic rings. The molecule has 0 aliphatic carbocycles. The van der Waals surface area contributed by atoms with Gasteiger partial charge in [0.25, 0.3) is 5.56 Å². The largest absolute Gasteiger partial charge is 0.496 e. The molecule has 3 aromatic rings. The van der Waals surface area contributed by atoms with Gasteiger partial charge in [-0.05, 0) is 64.8 Å². The third-order valence-corrected chi connectivity index (χ3v) is 7.36. The van der Waals surface area contributed by atoms with Crippen molar-refractivity contribution in [2.75, 3.05) is 20.8 Å². The van der Waals surface area contributed by atoms with Crippen molar-refractivity contribution in [2.24, 2.45) is 4.99 Å². The first kappa shape index (κ1) is 25.9. The van der Waals surface area contributed by atoms with Crippen molar-refractivity contribution in [2.45, 2.75) is 13.0 Å². The summed E-state index contributed by atoms with van der Waals surface area (Å²) < 4.78 is 18.9. The van der Waals surface area contributed by atoms with E-state index in [4.69, 9.17) is 25.8 Å². The molecule has 0 unspecified atom stereocenters. The number of halogens is 2. The van der Waals surface area contributed by atoms with Gasteiger partial charge in [-0.3, -0.25) is 9.36 Å². The van der Waals surface area contributed by atoms with Crippen molar-refractivity contribution in [3.05, 3.63) is 101 Å². The molecule has 1 aliphatic heterocycles. The number of ether oxygens (including phenoxy) is 3. The lowest BCUT2D eigenvalue weighted by Crippen LogP contribution is -2.40. The number of benzene rings is 2. The molecule has 1 aromatic heterocycles. The smallest absolute Gasteiger partial charge is 0.338 e. The summed E-state index contributed by atoms with van der Waals surface area (Å²) in [5.41, 5.74) is 1.73. The molecule has 2 aromatic carbocycles. The predicted octanol–water partition coefficient (Wildman–Crippen LogP) is 4.40. The maximum atomic E-state index is 13.7. The minimum absolute atomic E-state index is 0.239. The van der Waals surface area contributed by atoms with Crippen molar-refractivity contribution in [1.29, 1.82) is 0 Å².